The molecular weight excluding hydrogens is 721 g/mol. The average molecular weight is 757 g/mol. The number of nitrogens with zero attached hydrogens (tertiary/aromatic N) is 6. The summed E-state index contributed by atoms with van der Waals surface area (Å²) in [5.74, 6) is 1.70. The first-order valence-electron chi connectivity index (χ1n) is 20.2. The minimum absolute atomic E-state index is 0.552. The van der Waals surface area contributed by atoms with E-state index in [-0.39, 0.29) is 0 Å². The standard InChI is InChI=1S/C53H36N6/c1-2-7-26-44-37(20-6-1)38-21-8-13-27-45(38)57(44)49-31-17-12-25-43(49)51-54-52(58-46-28-14-9-22-39(46)40-23-10-15-29-47(40)58)56-53(55-51)59-48-30-16-11-24-41(48)42-33-32-36(34-50(42)59)35-18-4-3-5-19-35/h1,3-19,21-34H,2,20H2/b6-1-,26-7-. The van der Waals surface area contributed by atoms with E-state index in [4.69, 9.17) is 15.0 Å². The van der Waals surface area contributed by atoms with Gasteiger partial charge >= 0.3 is 0 Å². The van der Waals surface area contributed by atoms with Crippen LogP contribution in [0.4, 0.5) is 0 Å². The SMILES string of the molecule is C1=C\Cc2c(n(-c3ccccc3-c3nc(-n4c5ccccc5c5ccccc54)nc(-n4c5ccccc5c5ccc(-c6ccccc6)cc54)n3)c3ccccc23)/C=C\C/1. The normalized spacial score (nSPS) is 13.9. The molecule has 59 heavy (non-hydrogen) atoms. The van der Waals surface area contributed by atoms with Crippen molar-refractivity contribution in [2.75, 3.05) is 0 Å². The van der Waals surface area contributed by atoms with Gasteiger partial charge in [0.1, 0.15) is 0 Å². The lowest BCUT2D eigenvalue weighted by Crippen LogP contribution is -2.11. The zero-order valence-electron chi connectivity index (χ0n) is 32.1. The Bertz CT molecular complexity index is 3450. The van der Waals surface area contributed by atoms with Gasteiger partial charge in [-0.3, -0.25) is 9.13 Å². The van der Waals surface area contributed by atoms with Crippen molar-refractivity contribution in [2.24, 2.45) is 0 Å². The molecule has 4 heterocycles. The Balaban J connectivity index is 1.19. The third kappa shape index (κ3) is 5.23. The van der Waals surface area contributed by atoms with E-state index in [1.165, 1.54) is 16.6 Å². The van der Waals surface area contributed by atoms with Gasteiger partial charge in [-0.25, -0.2) is 0 Å². The maximum Gasteiger partial charge on any atom is 0.240 e. The number of rotatable bonds is 5. The summed E-state index contributed by atoms with van der Waals surface area (Å²) < 4.78 is 6.81. The van der Waals surface area contributed by atoms with E-state index in [1.54, 1.807) is 0 Å². The molecule has 0 radical (unpaired) electrons. The van der Waals surface area contributed by atoms with Crippen LogP contribution < -0.4 is 0 Å². The summed E-state index contributed by atoms with van der Waals surface area (Å²) in [7, 11) is 0. The molecule has 0 atom stereocenters. The topological polar surface area (TPSA) is 53.5 Å². The molecule has 12 rings (SSSR count). The zero-order valence-corrected chi connectivity index (χ0v) is 32.1. The minimum Gasteiger partial charge on any atom is -0.309 e. The van der Waals surface area contributed by atoms with Gasteiger partial charge in [-0.2, -0.15) is 15.0 Å². The van der Waals surface area contributed by atoms with Crippen LogP contribution in [0.3, 0.4) is 0 Å². The maximum absolute atomic E-state index is 5.50. The van der Waals surface area contributed by atoms with Gasteiger partial charge in [0.15, 0.2) is 5.82 Å². The second-order valence-corrected chi connectivity index (χ2v) is 15.1. The van der Waals surface area contributed by atoms with Crippen molar-refractivity contribution in [3.05, 3.63) is 199 Å². The lowest BCUT2D eigenvalue weighted by molar-refractivity contribution is 0.891. The van der Waals surface area contributed by atoms with E-state index < -0.39 is 0 Å². The number of allylic oxidation sites excluding steroid dienone is 3. The lowest BCUT2D eigenvalue weighted by Gasteiger charge is -2.17. The molecule has 0 N–H and O–H groups in total. The van der Waals surface area contributed by atoms with E-state index in [0.717, 1.165) is 84.3 Å². The Hall–Kier alpha value is -7.83. The Morgan fingerprint density at radius 1 is 0.390 bits per heavy atom. The molecule has 0 aliphatic heterocycles. The largest absolute Gasteiger partial charge is 0.309 e. The van der Waals surface area contributed by atoms with Gasteiger partial charge in [-0.05, 0) is 78.1 Å². The third-order valence-corrected chi connectivity index (χ3v) is 11.8. The quantitative estimate of drug-likeness (QED) is 0.164. The monoisotopic (exact) mass is 756 g/mol. The van der Waals surface area contributed by atoms with Crippen molar-refractivity contribution in [2.45, 2.75) is 12.8 Å². The summed E-state index contributed by atoms with van der Waals surface area (Å²) in [5, 5.41) is 5.82. The van der Waals surface area contributed by atoms with Gasteiger partial charge in [-0.1, -0.05) is 146 Å². The summed E-state index contributed by atoms with van der Waals surface area (Å²) in [6.07, 6.45) is 10.8. The Kier molecular flexibility index (Phi) is 7.56. The number of fused-ring (bicyclic) bond motifs is 9. The molecule has 6 heteroatoms. The Morgan fingerprint density at radius 3 is 1.61 bits per heavy atom. The van der Waals surface area contributed by atoms with Gasteiger partial charge in [0, 0.05) is 32.5 Å². The highest BCUT2D eigenvalue weighted by Crippen LogP contribution is 2.39. The Labute approximate surface area is 340 Å². The average Bonchev–Trinajstić information content (AvgIpc) is 3.91. The van der Waals surface area contributed by atoms with E-state index in [2.05, 4.69) is 208 Å². The fourth-order valence-corrected chi connectivity index (χ4v) is 9.20. The van der Waals surface area contributed by atoms with Crippen LogP contribution in [-0.4, -0.2) is 28.7 Å². The highest BCUT2D eigenvalue weighted by molar-refractivity contribution is 6.11. The van der Waals surface area contributed by atoms with E-state index >= 15 is 0 Å². The first kappa shape index (κ1) is 33.3. The first-order chi connectivity index (χ1) is 29.3. The van der Waals surface area contributed by atoms with E-state index in [0.29, 0.717) is 17.7 Å². The summed E-state index contributed by atoms with van der Waals surface area (Å²) in [4.78, 5) is 16.4. The second kappa shape index (κ2) is 13.4. The van der Waals surface area contributed by atoms with Crippen LogP contribution >= 0.6 is 0 Å². The number of hydrogen-bond acceptors (Lipinski definition) is 3. The van der Waals surface area contributed by atoms with Gasteiger partial charge in [0.25, 0.3) is 0 Å². The van der Waals surface area contributed by atoms with Gasteiger partial charge in [-0.15, -0.1) is 0 Å². The molecule has 0 spiro atoms. The van der Waals surface area contributed by atoms with Crippen LogP contribution in [0.5, 0.6) is 0 Å². The first-order valence-corrected chi connectivity index (χ1v) is 20.2. The molecule has 4 aromatic heterocycles. The molecule has 0 fully saturated rings. The van der Waals surface area contributed by atoms with Crippen molar-refractivity contribution >= 4 is 60.6 Å². The third-order valence-electron chi connectivity index (χ3n) is 11.8. The van der Waals surface area contributed by atoms with Gasteiger partial charge in [0.05, 0.1) is 39.0 Å². The fraction of sp³-hybridized carbons (Fsp3) is 0.0377. The minimum atomic E-state index is 0.552. The molecule has 1 aliphatic carbocycles. The van der Waals surface area contributed by atoms with Crippen molar-refractivity contribution in [1.82, 2.24) is 28.7 Å². The lowest BCUT2D eigenvalue weighted by atomic mass is 10.0. The van der Waals surface area contributed by atoms with Crippen molar-refractivity contribution in [1.29, 1.82) is 0 Å². The molecule has 278 valence electrons. The highest BCUT2D eigenvalue weighted by Gasteiger charge is 2.24. The zero-order chi connectivity index (χ0) is 38.9. The molecule has 11 aromatic rings. The van der Waals surface area contributed by atoms with Crippen LogP contribution in [0.15, 0.2) is 188 Å². The molecule has 1 aliphatic rings. The smallest absolute Gasteiger partial charge is 0.240 e. The predicted molar refractivity (Wildman–Crippen MR) is 243 cm³/mol. The van der Waals surface area contributed by atoms with E-state index in [1.807, 2.05) is 0 Å². The molecule has 7 aromatic carbocycles. The van der Waals surface area contributed by atoms with Gasteiger partial charge in [0.2, 0.25) is 11.9 Å². The number of hydrogen-bond donors (Lipinski definition) is 0. The molecule has 0 amide bonds. The molecular formula is C53H36N6. The summed E-state index contributed by atoms with van der Waals surface area (Å²) in [6, 6.07) is 60.1. The van der Waals surface area contributed by atoms with Crippen molar-refractivity contribution < 1.29 is 0 Å². The summed E-state index contributed by atoms with van der Waals surface area (Å²) >= 11 is 0. The van der Waals surface area contributed by atoms with Crippen LogP contribution in [-0.2, 0) is 6.42 Å². The number of aromatic nitrogens is 6. The Morgan fingerprint density at radius 2 is 0.932 bits per heavy atom. The van der Waals surface area contributed by atoms with Crippen LogP contribution in [0.25, 0.3) is 101 Å². The molecule has 0 bridgehead atoms. The number of benzene rings is 7. The van der Waals surface area contributed by atoms with Gasteiger partial charge < -0.3 is 4.57 Å². The van der Waals surface area contributed by atoms with Crippen LogP contribution in [0.2, 0.25) is 0 Å². The molecule has 0 unspecified atom stereocenters. The van der Waals surface area contributed by atoms with Crippen molar-refractivity contribution in [3.8, 4) is 40.1 Å². The maximum atomic E-state index is 5.50. The number of para-hydroxylation sites is 5. The summed E-state index contributed by atoms with van der Waals surface area (Å²) in [6.45, 7) is 0. The fourth-order valence-electron chi connectivity index (χ4n) is 9.20. The predicted octanol–water partition coefficient (Wildman–Crippen LogP) is 12.9. The highest BCUT2D eigenvalue weighted by atomic mass is 15.3. The summed E-state index contributed by atoms with van der Waals surface area (Å²) in [5.41, 5.74) is 12.0. The van der Waals surface area contributed by atoms with Crippen LogP contribution in [0, 0.1) is 0 Å². The van der Waals surface area contributed by atoms with Crippen LogP contribution in [0.1, 0.15) is 17.7 Å². The molecule has 0 saturated carbocycles. The molecule has 0 saturated heterocycles. The second-order valence-electron chi connectivity index (χ2n) is 15.1. The molecule has 6 nitrogen and oxygen atoms in total. The van der Waals surface area contributed by atoms with Crippen molar-refractivity contribution in [3.63, 3.8) is 0 Å². The van der Waals surface area contributed by atoms with E-state index in [9.17, 15) is 0 Å².